The smallest absolute Gasteiger partial charge is 0.325 e. The molecular weight excluding hydrogens is 458 g/mol. The van der Waals surface area contributed by atoms with E-state index in [0.717, 1.165) is 5.56 Å². The average molecular weight is 492 g/mol. The van der Waals surface area contributed by atoms with Crippen LogP contribution in [0.1, 0.15) is 71.0 Å². The Balaban J connectivity index is 1.97. The van der Waals surface area contributed by atoms with E-state index in [2.05, 4.69) is 0 Å². The highest BCUT2D eigenvalue weighted by Crippen LogP contribution is 2.30. The standard InChI is InChI=1S/C29H33NO6/c1-6-36-28(32)18-30-17-22(19(2)3)15-26(30)27(31)16-25(20-7-11-23(34-4)12-8-20)29(33)21-9-13-24(35-5)14-10-21/h7-15,17,19,25H,6,16,18H2,1-5H3. The van der Waals surface area contributed by atoms with Gasteiger partial charge in [0.15, 0.2) is 11.6 Å². The molecule has 0 aliphatic rings. The lowest BCUT2D eigenvalue weighted by molar-refractivity contribution is -0.143. The fourth-order valence-corrected chi connectivity index (χ4v) is 4.01. The van der Waals surface area contributed by atoms with Gasteiger partial charge < -0.3 is 18.8 Å². The molecule has 0 fully saturated rings. The Bertz CT molecular complexity index is 1190. The van der Waals surface area contributed by atoms with Crippen LogP contribution in [0.4, 0.5) is 0 Å². The van der Waals surface area contributed by atoms with Gasteiger partial charge in [-0.25, -0.2) is 0 Å². The molecule has 1 unspecified atom stereocenters. The first-order valence-corrected chi connectivity index (χ1v) is 12.0. The van der Waals surface area contributed by atoms with Crippen LogP contribution < -0.4 is 9.47 Å². The minimum Gasteiger partial charge on any atom is -0.497 e. The number of aromatic nitrogens is 1. The van der Waals surface area contributed by atoms with Crippen LogP contribution in [-0.4, -0.2) is 42.9 Å². The second-order valence-corrected chi connectivity index (χ2v) is 8.79. The lowest BCUT2D eigenvalue weighted by Gasteiger charge is -2.17. The highest BCUT2D eigenvalue weighted by molar-refractivity contribution is 6.06. The fraction of sp³-hybridized carbons (Fsp3) is 0.345. The van der Waals surface area contributed by atoms with Crippen LogP contribution in [0.5, 0.6) is 11.5 Å². The first-order chi connectivity index (χ1) is 17.3. The van der Waals surface area contributed by atoms with Gasteiger partial charge in [0, 0.05) is 18.2 Å². The van der Waals surface area contributed by atoms with Crippen LogP contribution in [0.2, 0.25) is 0 Å². The van der Waals surface area contributed by atoms with Crippen molar-refractivity contribution in [2.24, 2.45) is 0 Å². The number of benzene rings is 2. The monoisotopic (exact) mass is 491 g/mol. The van der Waals surface area contributed by atoms with E-state index >= 15 is 0 Å². The van der Waals surface area contributed by atoms with Crippen molar-refractivity contribution < 1.29 is 28.6 Å². The molecule has 0 N–H and O–H groups in total. The number of hydrogen-bond donors (Lipinski definition) is 0. The lowest BCUT2D eigenvalue weighted by Crippen LogP contribution is -2.21. The van der Waals surface area contributed by atoms with Gasteiger partial charge in [-0.2, -0.15) is 0 Å². The summed E-state index contributed by atoms with van der Waals surface area (Å²) in [5, 5.41) is 0. The van der Waals surface area contributed by atoms with Crippen LogP contribution in [-0.2, 0) is 16.1 Å². The minimum absolute atomic E-state index is 0.0540. The van der Waals surface area contributed by atoms with Crippen molar-refractivity contribution >= 4 is 17.5 Å². The number of carbonyl (C=O) groups excluding carboxylic acids is 3. The van der Waals surface area contributed by atoms with E-state index in [1.807, 2.05) is 20.0 Å². The van der Waals surface area contributed by atoms with Gasteiger partial charge in [0.1, 0.15) is 18.0 Å². The van der Waals surface area contributed by atoms with Crippen LogP contribution in [0, 0.1) is 0 Å². The number of rotatable bonds is 12. The minimum atomic E-state index is -0.717. The van der Waals surface area contributed by atoms with Gasteiger partial charge in [0.2, 0.25) is 0 Å². The zero-order valence-corrected chi connectivity index (χ0v) is 21.4. The summed E-state index contributed by atoms with van der Waals surface area (Å²) in [5.41, 5.74) is 2.50. The van der Waals surface area contributed by atoms with E-state index in [4.69, 9.17) is 14.2 Å². The molecule has 1 aromatic heterocycles. The maximum absolute atomic E-state index is 13.6. The summed E-state index contributed by atoms with van der Waals surface area (Å²) in [7, 11) is 3.13. The Morgan fingerprint density at radius 3 is 1.97 bits per heavy atom. The van der Waals surface area contributed by atoms with Crippen molar-refractivity contribution in [3.63, 3.8) is 0 Å². The van der Waals surface area contributed by atoms with Crippen molar-refractivity contribution in [3.8, 4) is 11.5 Å². The molecule has 7 heteroatoms. The summed E-state index contributed by atoms with van der Waals surface area (Å²) in [6.45, 7) is 5.97. The zero-order chi connectivity index (χ0) is 26.2. The van der Waals surface area contributed by atoms with Crippen LogP contribution in [0.15, 0.2) is 60.8 Å². The predicted octanol–water partition coefficient (Wildman–Crippen LogP) is 5.43. The molecule has 0 aliphatic heterocycles. The number of hydrogen-bond acceptors (Lipinski definition) is 6. The van der Waals surface area contributed by atoms with Crippen molar-refractivity contribution in [2.45, 2.75) is 45.6 Å². The maximum Gasteiger partial charge on any atom is 0.325 e. The summed E-state index contributed by atoms with van der Waals surface area (Å²) in [4.78, 5) is 39.4. The highest BCUT2D eigenvalue weighted by atomic mass is 16.5. The van der Waals surface area contributed by atoms with Gasteiger partial charge in [-0.15, -0.1) is 0 Å². The Labute approximate surface area is 212 Å². The van der Waals surface area contributed by atoms with Crippen molar-refractivity contribution in [2.75, 3.05) is 20.8 Å². The third kappa shape index (κ3) is 6.42. The molecule has 36 heavy (non-hydrogen) atoms. The van der Waals surface area contributed by atoms with Gasteiger partial charge in [-0.05, 0) is 66.4 Å². The zero-order valence-electron chi connectivity index (χ0n) is 21.4. The molecule has 0 amide bonds. The number of methoxy groups -OCH3 is 2. The molecule has 0 radical (unpaired) electrons. The number of ether oxygens (including phenoxy) is 3. The molecule has 1 heterocycles. The fourth-order valence-electron chi connectivity index (χ4n) is 4.01. The van der Waals surface area contributed by atoms with E-state index in [9.17, 15) is 14.4 Å². The normalized spacial score (nSPS) is 11.7. The first-order valence-electron chi connectivity index (χ1n) is 12.0. The van der Waals surface area contributed by atoms with E-state index < -0.39 is 11.9 Å². The van der Waals surface area contributed by atoms with Crippen LogP contribution in [0.25, 0.3) is 0 Å². The van der Waals surface area contributed by atoms with Gasteiger partial charge >= 0.3 is 5.97 Å². The second kappa shape index (κ2) is 12.2. The van der Waals surface area contributed by atoms with Crippen LogP contribution in [0.3, 0.4) is 0 Å². The van der Waals surface area contributed by atoms with E-state index in [1.165, 1.54) is 0 Å². The maximum atomic E-state index is 13.6. The topological polar surface area (TPSA) is 83.8 Å². The van der Waals surface area contributed by atoms with Crippen molar-refractivity contribution in [3.05, 3.63) is 83.2 Å². The van der Waals surface area contributed by atoms with Gasteiger partial charge in [0.05, 0.1) is 32.4 Å². The van der Waals surface area contributed by atoms with E-state index in [1.54, 1.807) is 80.3 Å². The molecule has 2 aromatic carbocycles. The largest absolute Gasteiger partial charge is 0.497 e. The molecule has 0 bridgehead atoms. The Kier molecular flexibility index (Phi) is 9.06. The summed E-state index contributed by atoms with van der Waals surface area (Å²) < 4.78 is 17.2. The summed E-state index contributed by atoms with van der Waals surface area (Å²) in [6.07, 6.45) is 1.75. The molecule has 7 nitrogen and oxygen atoms in total. The predicted molar refractivity (Wildman–Crippen MR) is 137 cm³/mol. The third-order valence-electron chi connectivity index (χ3n) is 6.07. The number of carbonyl (C=O) groups is 3. The van der Waals surface area contributed by atoms with Gasteiger partial charge in [-0.1, -0.05) is 26.0 Å². The molecule has 190 valence electrons. The van der Waals surface area contributed by atoms with Gasteiger partial charge in [0.25, 0.3) is 0 Å². The number of esters is 1. The summed E-state index contributed by atoms with van der Waals surface area (Å²) in [6, 6.07) is 15.8. The average Bonchev–Trinajstić information content (AvgIpc) is 3.31. The lowest BCUT2D eigenvalue weighted by atomic mass is 9.86. The van der Waals surface area contributed by atoms with E-state index in [0.29, 0.717) is 28.3 Å². The molecule has 1 atom stereocenters. The summed E-state index contributed by atoms with van der Waals surface area (Å²) in [5.74, 6) is -0.0769. The Hall–Kier alpha value is -3.87. The molecule has 3 aromatic rings. The molecular formula is C29H33NO6. The number of Topliss-reactive ketones (excluding diaryl/α,β-unsaturated/α-hetero) is 2. The number of nitrogens with zero attached hydrogens (tertiary/aromatic N) is 1. The highest BCUT2D eigenvalue weighted by Gasteiger charge is 2.28. The molecule has 0 aliphatic carbocycles. The van der Waals surface area contributed by atoms with Crippen molar-refractivity contribution in [1.82, 2.24) is 4.57 Å². The van der Waals surface area contributed by atoms with E-state index in [-0.39, 0.29) is 37.1 Å². The summed E-state index contributed by atoms with van der Waals surface area (Å²) >= 11 is 0. The third-order valence-corrected chi connectivity index (χ3v) is 6.07. The van der Waals surface area contributed by atoms with Crippen LogP contribution >= 0.6 is 0 Å². The second-order valence-electron chi connectivity index (χ2n) is 8.79. The first kappa shape index (κ1) is 26.7. The molecule has 0 saturated heterocycles. The van der Waals surface area contributed by atoms with Crippen molar-refractivity contribution in [1.29, 1.82) is 0 Å². The SMILES string of the molecule is CCOC(=O)Cn1cc(C(C)C)cc1C(=O)CC(C(=O)c1ccc(OC)cc1)c1ccc(OC)cc1. The molecule has 0 saturated carbocycles. The number of ketones is 2. The Morgan fingerprint density at radius 2 is 1.44 bits per heavy atom. The Morgan fingerprint density at radius 1 is 0.861 bits per heavy atom. The molecule has 0 spiro atoms. The molecule has 3 rings (SSSR count). The van der Waals surface area contributed by atoms with Gasteiger partial charge in [-0.3, -0.25) is 14.4 Å². The quantitative estimate of drug-likeness (QED) is 0.248.